The standard InChI is InChI=1S/C7H13NO.C5H10O2/c1-6(9)7-3-2-4-8-5-7;1-5(2,3)7-4-6/h7-8H,2-5H2,1H3;4H,1-3H3/t7-;/m0./s1. The molecular weight excluding hydrogens is 206 g/mol. The number of carbonyl (C=O) groups excluding carboxylic acids is 2. The third-order valence-corrected chi connectivity index (χ3v) is 2.27. The van der Waals surface area contributed by atoms with Gasteiger partial charge in [-0.2, -0.15) is 0 Å². The van der Waals surface area contributed by atoms with E-state index in [-0.39, 0.29) is 5.60 Å². The molecule has 94 valence electrons. The van der Waals surface area contributed by atoms with Crippen molar-refractivity contribution in [1.29, 1.82) is 0 Å². The van der Waals surface area contributed by atoms with Gasteiger partial charge in [0.05, 0.1) is 0 Å². The number of piperidine rings is 1. The van der Waals surface area contributed by atoms with Gasteiger partial charge < -0.3 is 10.1 Å². The molecule has 0 radical (unpaired) electrons. The third kappa shape index (κ3) is 8.41. The monoisotopic (exact) mass is 229 g/mol. The van der Waals surface area contributed by atoms with Gasteiger partial charge in [0.15, 0.2) is 0 Å². The minimum absolute atomic E-state index is 0.304. The maximum atomic E-state index is 10.8. The average Bonchev–Trinajstić information content (AvgIpc) is 2.18. The lowest BCUT2D eigenvalue weighted by molar-refractivity contribution is -0.138. The Morgan fingerprint density at radius 2 is 2.06 bits per heavy atom. The second-order valence-corrected chi connectivity index (χ2v) is 4.98. The van der Waals surface area contributed by atoms with Crippen LogP contribution >= 0.6 is 0 Å². The molecule has 1 heterocycles. The Morgan fingerprint density at radius 3 is 2.25 bits per heavy atom. The van der Waals surface area contributed by atoms with Crippen LogP contribution in [-0.2, 0) is 14.3 Å². The minimum Gasteiger partial charge on any atom is -0.462 e. The molecule has 0 amide bonds. The lowest BCUT2D eigenvalue weighted by Crippen LogP contribution is -2.33. The predicted octanol–water partition coefficient (Wildman–Crippen LogP) is 1.53. The first-order valence-corrected chi connectivity index (χ1v) is 5.69. The zero-order chi connectivity index (χ0) is 12.6. The molecule has 1 atom stereocenters. The smallest absolute Gasteiger partial charge is 0.293 e. The van der Waals surface area contributed by atoms with Crippen molar-refractivity contribution < 1.29 is 14.3 Å². The average molecular weight is 229 g/mol. The molecule has 0 aromatic rings. The fraction of sp³-hybridized carbons (Fsp3) is 0.833. The molecule has 4 heteroatoms. The van der Waals surface area contributed by atoms with E-state index in [1.165, 1.54) is 0 Å². The highest BCUT2D eigenvalue weighted by Gasteiger charge is 2.16. The molecule has 0 spiro atoms. The largest absolute Gasteiger partial charge is 0.462 e. The summed E-state index contributed by atoms with van der Waals surface area (Å²) in [7, 11) is 0. The van der Waals surface area contributed by atoms with Crippen LogP contribution in [0.3, 0.4) is 0 Å². The first kappa shape index (κ1) is 15.1. The van der Waals surface area contributed by atoms with Gasteiger partial charge in [-0.25, -0.2) is 0 Å². The van der Waals surface area contributed by atoms with Crippen LogP contribution in [0.5, 0.6) is 0 Å². The highest BCUT2D eigenvalue weighted by Crippen LogP contribution is 2.09. The molecular formula is C12H23NO3. The first-order chi connectivity index (χ1) is 7.37. The highest BCUT2D eigenvalue weighted by atomic mass is 16.5. The van der Waals surface area contributed by atoms with Crippen LogP contribution in [0.15, 0.2) is 0 Å². The van der Waals surface area contributed by atoms with E-state index in [4.69, 9.17) is 0 Å². The summed E-state index contributed by atoms with van der Waals surface area (Å²) < 4.78 is 4.55. The molecule has 0 aliphatic carbocycles. The molecule has 0 saturated carbocycles. The molecule has 0 unspecified atom stereocenters. The number of Topliss-reactive ketones (excluding diaryl/α,β-unsaturated/α-hetero) is 1. The van der Waals surface area contributed by atoms with E-state index in [9.17, 15) is 9.59 Å². The van der Waals surface area contributed by atoms with Crippen molar-refractivity contribution in [3.63, 3.8) is 0 Å². The number of carbonyl (C=O) groups is 2. The van der Waals surface area contributed by atoms with Crippen molar-refractivity contribution in [3.8, 4) is 0 Å². The van der Waals surface area contributed by atoms with E-state index in [1.807, 2.05) is 20.8 Å². The fourth-order valence-electron chi connectivity index (χ4n) is 1.34. The normalized spacial score (nSPS) is 20.4. The first-order valence-electron chi connectivity index (χ1n) is 5.69. The Kier molecular flexibility index (Phi) is 6.97. The van der Waals surface area contributed by atoms with Gasteiger partial charge in [0.1, 0.15) is 11.4 Å². The SMILES string of the molecule is CC(=O)[C@H]1CCCNC1.CC(C)(C)OC=O. The van der Waals surface area contributed by atoms with Gasteiger partial charge in [0.2, 0.25) is 0 Å². The van der Waals surface area contributed by atoms with Crippen LogP contribution in [0.1, 0.15) is 40.5 Å². The molecule has 1 fully saturated rings. The zero-order valence-electron chi connectivity index (χ0n) is 10.7. The molecule has 0 aromatic heterocycles. The summed E-state index contributed by atoms with van der Waals surface area (Å²) in [5.74, 6) is 0.640. The predicted molar refractivity (Wildman–Crippen MR) is 63.2 cm³/mol. The molecule has 1 saturated heterocycles. The molecule has 0 bridgehead atoms. The molecule has 1 rings (SSSR count). The van der Waals surface area contributed by atoms with E-state index in [1.54, 1.807) is 6.92 Å². The Hall–Kier alpha value is -0.900. The summed E-state index contributed by atoms with van der Waals surface area (Å²) in [5.41, 5.74) is -0.318. The molecule has 1 aliphatic rings. The van der Waals surface area contributed by atoms with Crippen molar-refractivity contribution in [3.05, 3.63) is 0 Å². The minimum atomic E-state index is -0.318. The summed E-state index contributed by atoms with van der Waals surface area (Å²) in [4.78, 5) is 20.4. The van der Waals surface area contributed by atoms with E-state index in [0.717, 1.165) is 25.9 Å². The molecule has 1 N–H and O–H groups in total. The topological polar surface area (TPSA) is 55.4 Å². The molecule has 16 heavy (non-hydrogen) atoms. The van der Waals surface area contributed by atoms with E-state index in [2.05, 4.69) is 10.1 Å². The van der Waals surface area contributed by atoms with Crippen molar-refractivity contribution >= 4 is 12.3 Å². The highest BCUT2D eigenvalue weighted by molar-refractivity contribution is 5.78. The summed E-state index contributed by atoms with van der Waals surface area (Å²) in [6, 6.07) is 0. The van der Waals surface area contributed by atoms with E-state index < -0.39 is 0 Å². The molecule has 4 nitrogen and oxygen atoms in total. The summed E-state index contributed by atoms with van der Waals surface area (Å²) in [5, 5.41) is 3.20. The maximum absolute atomic E-state index is 10.8. The second kappa shape index (κ2) is 7.39. The number of ketones is 1. The molecule has 1 aliphatic heterocycles. The Bertz CT molecular complexity index is 215. The quantitative estimate of drug-likeness (QED) is 0.730. The van der Waals surface area contributed by atoms with Crippen molar-refractivity contribution in [2.75, 3.05) is 13.1 Å². The third-order valence-electron chi connectivity index (χ3n) is 2.27. The second-order valence-electron chi connectivity index (χ2n) is 4.98. The number of hydrogen-bond donors (Lipinski definition) is 1. The van der Waals surface area contributed by atoms with Crippen molar-refractivity contribution in [1.82, 2.24) is 5.32 Å². The number of hydrogen-bond acceptors (Lipinski definition) is 4. The van der Waals surface area contributed by atoms with Gasteiger partial charge >= 0.3 is 0 Å². The molecule has 0 aromatic carbocycles. The van der Waals surface area contributed by atoms with Gasteiger partial charge in [-0.1, -0.05) is 0 Å². The summed E-state index contributed by atoms with van der Waals surface area (Å²) in [6.45, 7) is 9.58. The summed E-state index contributed by atoms with van der Waals surface area (Å²) >= 11 is 0. The van der Waals surface area contributed by atoms with Crippen LogP contribution in [0.2, 0.25) is 0 Å². The van der Waals surface area contributed by atoms with Crippen molar-refractivity contribution in [2.45, 2.75) is 46.1 Å². The summed E-state index contributed by atoms with van der Waals surface area (Å²) in [6.07, 6.45) is 2.24. The fourth-order valence-corrected chi connectivity index (χ4v) is 1.34. The number of rotatable bonds is 2. The lowest BCUT2D eigenvalue weighted by atomic mass is 9.96. The number of nitrogens with one attached hydrogen (secondary N) is 1. The van der Waals surface area contributed by atoms with Gasteiger partial charge in [-0.3, -0.25) is 9.59 Å². The van der Waals surface area contributed by atoms with Crippen LogP contribution in [0.4, 0.5) is 0 Å². The van der Waals surface area contributed by atoms with Gasteiger partial charge in [-0.15, -0.1) is 0 Å². The van der Waals surface area contributed by atoms with Crippen LogP contribution in [-0.4, -0.2) is 30.9 Å². The van der Waals surface area contributed by atoms with Gasteiger partial charge in [0, 0.05) is 12.5 Å². The zero-order valence-corrected chi connectivity index (χ0v) is 10.7. The van der Waals surface area contributed by atoms with Crippen LogP contribution < -0.4 is 5.32 Å². The van der Waals surface area contributed by atoms with Crippen LogP contribution in [0.25, 0.3) is 0 Å². The Morgan fingerprint density at radius 1 is 1.44 bits per heavy atom. The van der Waals surface area contributed by atoms with Gasteiger partial charge in [0.25, 0.3) is 6.47 Å². The van der Waals surface area contributed by atoms with Crippen LogP contribution in [0, 0.1) is 5.92 Å². The van der Waals surface area contributed by atoms with Crippen molar-refractivity contribution in [2.24, 2.45) is 5.92 Å². The van der Waals surface area contributed by atoms with E-state index in [0.29, 0.717) is 18.2 Å². The van der Waals surface area contributed by atoms with E-state index >= 15 is 0 Å². The van der Waals surface area contributed by atoms with Gasteiger partial charge in [-0.05, 0) is 47.1 Å². The number of ether oxygens (including phenoxy) is 1. The maximum Gasteiger partial charge on any atom is 0.293 e. The Labute approximate surface area is 97.7 Å². The Balaban J connectivity index is 0.000000293. The lowest BCUT2D eigenvalue weighted by Gasteiger charge is -2.19.